The Labute approximate surface area is 191 Å². The van der Waals surface area contributed by atoms with Gasteiger partial charge < -0.3 is 10.1 Å². The lowest BCUT2D eigenvalue weighted by molar-refractivity contribution is -0.137. The minimum Gasteiger partial charge on any atom is -0.449 e. The van der Waals surface area contributed by atoms with Crippen molar-refractivity contribution in [3.05, 3.63) is 93.5 Å². The fourth-order valence-corrected chi connectivity index (χ4v) is 4.18. The summed E-state index contributed by atoms with van der Waals surface area (Å²) in [6.07, 6.45) is -5.02. The van der Waals surface area contributed by atoms with Crippen LogP contribution in [0, 0.1) is 11.8 Å². The Morgan fingerprint density at radius 1 is 1.00 bits per heavy atom. The van der Waals surface area contributed by atoms with Gasteiger partial charge in [0.15, 0.2) is 0 Å². The predicted molar refractivity (Wildman–Crippen MR) is 119 cm³/mol. The summed E-state index contributed by atoms with van der Waals surface area (Å²) in [5, 5.41) is 2.55. The first-order valence-electron chi connectivity index (χ1n) is 9.79. The molecule has 162 valence electrons. The van der Waals surface area contributed by atoms with E-state index in [1.165, 1.54) is 6.07 Å². The Morgan fingerprint density at radius 3 is 2.22 bits per heavy atom. The van der Waals surface area contributed by atoms with Crippen LogP contribution in [0.5, 0.6) is 0 Å². The van der Waals surface area contributed by atoms with E-state index < -0.39 is 17.8 Å². The van der Waals surface area contributed by atoms with Gasteiger partial charge in [0.25, 0.3) is 0 Å². The highest BCUT2D eigenvalue weighted by molar-refractivity contribution is 9.10. The Kier molecular flexibility index (Phi) is 6.24. The molecule has 0 radical (unpaired) electrons. The van der Waals surface area contributed by atoms with Crippen LogP contribution in [-0.2, 0) is 10.9 Å². The zero-order chi connectivity index (χ0) is 22.7. The normalized spacial score (nSPS) is 12.4. The van der Waals surface area contributed by atoms with Gasteiger partial charge in [0, 0.05) is 16.0 Å². The van der Waals surface area contributed by atoms with Crippen molar-refractivity contribution in [2.75, 3.05) is 13.2 Å². The average Bonchev–Trinajstić information content (AvgIpc) is 3.09. The van der Waals surface area contributed by atoms with Gasteiger partial charge in [-0.1, -0.05) is 60.4 Å². The summed E-state index contributed by atoms with van der Waals surface area (Å²) in [5.41, 5.74) is 4.16. The zero-order valence-electron chi connectivity index (χ0n) is 16.7. The molecule has 7 heteroatoms. The van der Waals surface area contributed by atoms with Gasteiger partial charge in [-0.05, 0) is 56.4 Å². The highest BCUT2D eigenvalue weighted by Gasteiger charge is 2.31. The van der Waals surface area contributed by atoms with Crippen molar-refractivity contribution in [1.82, 2.24) is 5.32 Å². The number of alkyl carbamates (subject to hydrolysis) is 1. The first-order valence-corrected chi connectivity index (χ1v) is 10.6. The molecular weight excluding hydrogens is 483 g/mol. The minimum absolute atomic E-state index is 0.00410. The first-order chi connectivity index (χ1) is 15.3. The number of amides is 1. The van der Waals surface area contributed by atoms with Crippen LogP contribution < -0.4 is 5.32 Å². The minimum atomic E-state index is -4.42. The maximum atomic E-state index is 12.7. The van der Waals surface area contributed by atoms with Gasteiger partial charge in [0.05, 0.1) is 12.1 Å². The average molecular weight is 500 g/mol. The van der Waals surface area contributed by atoms with E-state index in [1.807, 2.05) is 36.4 Å². The molecule has 3 aromatic rings. The van der Waals surface area contributed by atoms with Crippen molar-refractivity contribution < 1.29 is 22.7 Å². The van der Waals surface area contributed by atoms with Gasteiger partial charge in [0.2, 0.25) is 0 Å². The number of benzene rings is 3. The molecule has 0 bridgehead atoms. The van der Waals surface area contributed by atoms with E-state index in [1.54, 1.807) is 0 Å². The number of hydrogen-bond acceptors (Lipinski definition) is 2. The lowest BCUT2D eigenvalue weighted by atomic mass is 9.98. The van der Waals surface area contributed by atoms with E-state index in [9.17, 15) is 18.0 Å². The molecule has 1 amide bonds. The Hall–Kier alpha value is -3.24. The van der Waals surface area contributed by atoms with E-state index in [0.717, 1.165) is 34.4 Å². The monoisotopic (exact) mass is 499 g/mol. The third kappa shape index (κ3) is 4.66. The molecule has 0 unspecified atom stereocenters. The van der Waals surface area contributed by atoms with Crippen molar-refractivity contribution in [3.8, 4) is 23.0 Å². The van der Waals surface area contributed by atoms with Gasteiger partial charge in [-0.25, -0.2) is 4.79 Å². The fraction of sp³-hybridized carbons (Fsp3) is 0.160. The highest BCUT2D eigenvalue weighted by atomic mass is 79.9. The number of hydrogen-bond donors (Lipinski definition) is 1. The molecule has 0 saturated carbocycles. The molecule has 1 N–H and O–H groups in total. The van der Waals surface area contributed by atoms with Gasteiger partial charge in [-0.3, -0.25) is 0 Å². The number of fused-ring (bicyclic) bond motifs is 3. The fourth-order valence-electron chi connectivity index (χ4n) is 3.70. The Bertz CT molecular complexity index is 1180. The van der Waals surface area contributed by atoms with Crippen LogP contribution in [0.4, 0.5) is 18.0 Å². The molecule has 0 fully saturated rings. The lowest BCUT2D eigenvalue weighted by Crippen LogP contribution is -2.26. The number of halogens is 4. The molecule has 1 aliphatic rings. The summed E-state index contributed by atoms with van der Waals surface area (Å²) in [6, 6.07) is 19.3. The molecule has 3 nitrogen and oxygen atoms in total. The number of alkyl halides is 3. The topological polar surface area (TPSA) is 38.3 Å². The maximum Gasteiger partial charge on any atom is 0.416 e. The molecule has 32 heavy (non-hydrogen) atoms. The summed E-state index contributed by atoms with van der Waals surface area (Å²) in [5.74, 6) is 5.41. The van der Waals surface area contributed by atoms with Crippen LogP contribution in [0.2, 0.25) is 0 Å². The molecule has 1 aliphatic carbocycles. The second-order valence-corrected chi connectivity index (χ2v) is 8.03. The van der Waals surface area contributed by atoms with Crippen molar-refractivity contribution in [1.29, 1.82) is 0 Å². The van der Waals surface area contributed by atoms with E-state index in [-0.39, 0.29) is 23.5 Å². The first kappa shape index (κ1) is 22.0. The summed E-state index contributed by atoms with van der Waals surface area (Å²) < 4.78 is 43.8. The van der Waals surface area contributed by atoms with Crippen molar-refractivity contribution in [2.24, 2.45) is 0 Å². The quantitative estimate of drug-likeness (QED) is 0.426. The van der Waals surface area contributed by atoms with Crippen molar-refractivity contribution in [2.45, 2.75) is 12.1 Å². The van der Waals surface area contributed by atoms with Crippen molar-refractivity contribution >= 4 is 22.0 Å². The third-order valence-corrected chi connectivity index (χ3v) is 5.84. The number of rotatable bonds is 3. The van der Waals surface area contributed by atoms with Crippen molar-refractivity contribution in [3.63, 3.8) is 0 Å². The summed E-state index contributed by atoms with van der Waals surface area (Å²) in [6.45, 7) is 0.196. The molecule has 0 aliphatic heterocycles. The molecule has 0 spiro atoms. The smallest absolute Gasteiger partial charge is 0.416 e. The van der Waals surface area contributed by atoms with Gasteiger partial charge >= 0.3 is 12.3 Å². The highest BCUT2D eigenvalue weighted by Crippen LogP contribution is 2.44. The van der Waals surface area contributed by atoms with Crippen LogP contribution >= 0.6 is 15.9 Å². The number of carbonyl (C=O) groups excluding carboxylic acids is 1. The SMILES string of the molecule is O=C(NCC#Cc1ccc(C(F)(F)F)cc1Br)OCC1c2ccccc2-c2ccccc21. The molecule has 0 atom stereocenters. The molecule has 0 aromatic heterocycles. The maximum absolute atomic E-state index is 12.7. The second-order valence-electron chi connectivity index (χ2n) is 7.17. The number of nitrogens with one attached hydrogen (secondary N) is 1. The van der Waals surface area contributed by atoms with Crippen LogP contribution in [0.15, 0.2) is 71.2 Å². The van der Waals surface area contributed by atoms with Gasteiger partial charge in [-0.15, -0.1) is 0 Å². The van der Waals surface area contributed by atoms with E-state index >= 15 is 0 Å². The van der Waals surface area contributed by atoms with Crippen LogP contribution in [-0.4, -0.2) is 19.2 Å². The van der Waals surface area contributed by atoms with Gasteiger partial charge in [-0.2, -0.15) is 13.2 Å². The Morgan fingerprint density at radius 2 is 1.62 bits per heavy atom. The summed E-state index contributed by atoms with van der Waals surface area (Å²) in [4.78, 5) is 12.1. The Balaban J connectivity index is 1.34. The van der Waals surface area contributed by atoms with E-state index in [0.29, 0.717) is 5.56 Å². The lowest BCUT2D eigenvalue weighted by Gasteiger charge is -2.14. The number of ether oxygens (including phenoxy) is 1. The summed E-state index contributed by atoms with van der Waals surface area (Å²) >= 11 is 3.10. The molecule has 3 aromatic carbocycles. The van der Waals surface area contributed by atoms with Crippen LogP contribution in [0.3, 0.4) is 0 Å². The second kappa shape index (κ2) is 9.09. The largest absolute Gasteiger partial charge is 0.449 e. The molecule has 0 saturated heterocycles. The van der Waals surface area contributed by atoms with E-state index in [4.69, 9.17) is 4.74 Å². The van der Waals surface area contributed by atoms with Crippen LogP contribution in [0.25, 0.3) is 11.1 Å². The number of carbonyl (C=O) groups is 1. The van der Waals surface area contributed by atoms with Crippen LogP contribution in [0.1, 0.15) is 28.2 Å². The predicted octanol–water partition coefficient (Wildman–Crippen LogP) is 6.36. The third-order valence-electron chi connectivity index (χ3n) is 5.18. The summed E-state index contributed by atoms with van der Waals surface area (Å²) in [7, 11) is 0. The molecular formula is C25H17BrF3NO2. The zero-order valence-corrected chi connectivity index (χ0v) is 18.3. The van der Waals surface area contributed by atoms with E-state index in [2.05, 4.69) is 45.2 Å². The standard InChI is InChI=1S/C25H17BrF3NO2/c26-23-14-17(25(27,28)29)12-11-16(23)6-5-13-30-24(31)32-15-22-20-9-3-1-7-18(20)19-8-2-4-10-21(19)22/h1-4,7-12,14,22H,13,15H2,(H,30,31). The van der Waals surface area contributed by atoms with Gasteiger partial charge in [0.1, 0.15) is 6.61 Å². The molecule has 4 rings (SSSR count). The molecule has 0 heterocycles.